The Kier molecular flexibility index (Phi) is 3.96. The van der Waals surface area contributed by atoms with Crippen LogP contribution in [0.15, 0.2) is 0 Å². The van der Waals surface area contributed by atoms with Gasteiger partial charge in [0.25, 0.3) is 5.91 Å². The molecule has 1 fully saturated rings. The van der Waals surface area contributed by atoms with Crippen LogP contribution in [-0.2, 0) is 0 Å². The van der Waals surface area contributed by atoms with Gasteiger partial charge in [-0.05, 0) is 25.3 Å². The first kappa shape index (κ1) is 13.0. The predicted octanol–water partition coefficient (Wildman–Crippen LogP) is 0.739. The Morgan fingerprint density at radius 2 is 2.17 bits per heavy atom. The van der Waals surface area contributed by atoms with E-state index in [1.165, 1.54) is 0 Å². The van der Waals surface area contributed by atoms with Crippen molar-refractivity contribution < 1.29 is 4.79 Å². The van der Waals surface area contributed by atoms with E-state index in [9.17, 15) is 4.79 Å². The summed E-state index contributed by atoms with van der Waals surface area (Å²) in [6.07, 6.45) is 1.95. The summed E-state index contributed by atoms with van der Waals surface area (Å²) in [5.74, 6) is 1.77. The minimum Gasteiger partial charge on any atom is -0.336 e. The third-order valence-electron chi connectivity index (χ3n) is 3.48. The highest BCUT2D eigenvalue weighted by Gasteiger charge is 2.25. The molecule has 0 radical (unpaired) electrons. The Morgan fingerprint density at radius 3 is 2.67 bits per heavy atom. The lowest BCUT2D eigenvalue weighted by Gasteiger charge is -2.30. The Morgan fingerprint density at radius 1 is 1.50 bits per heavy atom. The van der Waals surface area contributed by atoms with Crippen LogP contribution in [0.3, 0.4) is 0 Å². The Balaban J connectivity index is 1.98. The number of likely N-dealkylation sites (tertiary alicyclic amines) is 1. The number of amides is 1. The highest BCUT2D eigenvalue weighted by Crippen LogP contribution is 2.17. The van der Waals surface area contributed by atoms with Crippen molar-refractivity contribution in [2.75, 3.05) is 19.6 Å². The van der Waals surface area contributed by atoms with E-state index >= 15 is 0 Å². The summed E-state index contributed by atoms with van der Waals surface area (Å²) in [7, 11) is 0. The van der Waals surface area contributed by atoms with E-state index in [4.69, 9.17) is 5.73 Å². The number of rotatable bonds is 3. The molecule has 0 saturated carbocycles. The first-order chi connectivity index (χ1) is 8.61. The highest BCUT2D eigenvalue weighted by atomic mass is 16.2. The smallest absolute Gasteiger partial charge is 0.293 e. The van der Waals surface area contributed by atoms with Gasteiger partial charge in [0, 0.05) is 19.0 Å². The number of nitrogens with zero attached hydrogens (tertiary/aromatic N) is 3. The van der Waals surface area contributed by atoms with Crippen LogP contribution in [0.1, 0.15) is 49.1 Å². The second kappa shape index (κ2) is 5.48. The maximum absolute atomic E-state index is 12.2. The topological polar surface area (TPSA) is 87.9 Å². The van der Waals surface area contributed by atoms with Gasteiger partial charge in [0.2, 0.25) is 5.82 Å². The van der Waals surface area contributed by atoms with E-state index in [-0.39, 0.29) is 17.6 Å². The van der Waals surface area contributed by atoms with Crippen molar-refractivity contribution in [3.05, 3.63) is 11.6 Å². The number of aromatic nitrogens is 3. The van der Waals surface area contributed by atoms with Crippen molar-refractivity contribution in [3.63, 3.8) is 0 Å². The van der Waals surface area contributed by atoms with Gasteiger partial charge in [-0.3, -0.25) is 9.89 Å². The minimum absolute atomic E-state index is 0.0754. The zero-order valence-electron chi connectivity index (χ0n) is 11.0. The van der Waals surface area contributed by atoms with Crippen LogP contribution in [0.25, 0.3) is 0 Å². The number of nitrogens with two attached hydrogens (primary N) is 1. The molecule has 6 nitrogen and oxygen atoms in total. The lowest BCUT2D eigenvalue weighted by molar-refractivity contribution is 0.0681. The van der Waals surface area contributed by atoms with Crippen LogP contribution < -0.4 is 5.73 Å². The van der Waals surface area contributed by atoms with Crippen molar-refractivity contribution in [2.45, 2.75) is 32.6 Å². The molecule has 1 aromatic heterocycles. The second-order valence-corrected chi connectivity index (χ2v) is 5.17. The van der Waals surface area contributed by atoms with Gasteiger partial charge in [0.1, 0.15) is 5.82 Å². The zero-order valence-corrected chi connectivity index (χ0v) is 11.0. The number of piperidine rings is 1. The fraction of sp³-hybridized carbons (Fsp3) is 0.750. The van der Waals surface area contributed by atoms with Gasteiger partial charge < -0.3 is 10.6 Å². The van der Waals surface area contributed by atoms with E-state index in [1.54, 1.807) is 0 Å². The molecule has 0 spiro atoms. The lowest BCUT2D eigenvalue weighted by Crippen LogP contribution is -2.40. The molecule has 18 heavy (non-hydrogen) atoms. The molecule has 1 aliphatic heterocycles. The maximum atomic E-state index is 12.2. The highest BCUT2D eigenvalue weighted by molar-refractivity contribution is 5.90. The molecule has 1 aromatic rings. The molecule has 1 amide bonds. The summed E-state index contributed by atoms with van der Waals surface area (Å²) in [6, 6.07) is 0. The average molecular weight is 251 g/mol. The summed E-state index contributed by atoms with van der Waals surface area (Å²) in [4.78, 5) is 18.2. The largest absolute Gasteiger partial charge is 0.336 e. The van der Waals surface area contributed by atoms with Gasteiger partial charge in [0.05, 0.1) is 0 Å². The van der Waals surface area contributed by atoms with E-state index in [1.807, 2.05) is 18.7 Å². The number of aromatic amines is 1. The third-order valence-corrected chi connectivity index (χ3v) is 3.48. The van der Waals surface area contributed by atoms with Crippen LogP contribution in [-0.4, -0.2) is 45.6 Å². The molecule has 2 heterocycles. The monoisotopic (exact) mass is 251 g/mol. The quantitative estimate of drug-likeness (QED) is 0.829. The average Bonchev–Trinajstić information content (AvgIpc) is 2.88. The van der Waals surface area contributed by atoms with Crippen molar-refractivity contribution in [1.82, 2.24) is 20.1 Å². The third kappa shape index (κ3) is 2.69. The Bertz CT molecular complexity index is 406. The first-order valence-electron chi connectivity index (χ1n) is 6.53. The molecule has 100 valence electrons. The number of carbonyl (C=O) groups is 1. The molecule has 2 rings (SSSR count). The van der Waals surface area contributed by atoms with Gasteiger partial charge in [-0.25, -0.2) is 4.98 Å². The van der Waals surface area contributed by atoms with Crippen LogP contribution >= 0.6 is 0 Å². The van der Waals surface area contributed by atoms with Crippen molar-refractivity contribution in [1.29, 1.82) is 0 Å². The van der Waals surface area contributed by atoms with E-state index in [2.05, 4.69) is 15.2 Å². The normalized spacial score (nSPS) is 17.4. The Labute approximate surface area is 107 Å². The molecule has 1 saturated heterocycles. The molecule has 0 atom stereocenters. The summed E-state index contributed by atoms with van der Waals surface area (Å²) >= 11 is 0. The number of nitrogens with one attached hydrogen (secondary N) is 1. The van der Waals surface area contributed by atoms with E-state index in [0.717, 1.165) is 31.8 Å². The fourth-order valence-electron chi connectivity index (χ4n) is 2.14. The second-order valence-electron chi connectivity index (χ2n) is 5.17. The molecule has 0 aromatic carbocycles. The number of H-pyrrole nitrogens is 1. The lowest BCUT2D eigenvalue weighted by atomic mass is 9.97. The van der Waals surface area contributed by atoms with Crippen LogP contribution in [0.4, 0.5) is 0 Å². The molecular weight excluding hydrogens is 230 g/mol. The summed E-state index contributed by atoms with van der Waals surface area (Å²) < 4.78 is 0. The molecule has 0 aliphatic carbocycles. The SMILES string of the molecule is CC(C)c1nc(C(=O)N2CCC(CN)CC2)n[nH]1. The molecule has 6 heteroatoms. The van der Waals surface area contributed by atoms with Crippen molar-refractivity contribution >= 4 is 5.91 Å². The van der Waals surface area contributed by atoms with Crippen LogP contribution in [0, 0.1) is 5.92 Å². The molecule has 0 unspecified atom stereocenters. The van der Waals surface area contributed by atoms with Gasteiger partial charge in [-0.1, -0.05) is 13.8 Å². The Hall–Kier alpha value is -1.43. The summed E-state index contributed by atoms with van der Waals surface area (Å²) in [5.41, 5.74) is 5.64. The van der Waals surface area contributed by atoms with Gasteiger partial charge in [-0.15, -0.1) is 5.10 Å². The number of hydrogen-bond acceptors (Lipinski definition) is 4. The van der Waals surface area contributed by atoms with Gasteiger partial charge in [-0.2, -0.15) is 0 Å². The van der Waals surface area contributed by atoms with Crippen molar-refractivity contribution in [2.24, 2.45) is 11.7 Å². The van der Waals surface area contributed by atoms with Crippen molar-refractivity contribution in [3.8, 4) is 0 Å². The number of hydrogen-bond donors (Lipinski definition) is 2. The molecule has 0 bridgehead atoms. The molecule has 3 N–H and O–H groups in total. The fourth-order valence-corrected chi connectivity index (χ4v) is 2.14. The van der Waals surface area contributed by atoms with Crippen LogP contribution in [0.2, 0.25) is 0 Å². The standard InChI is InChI=1S/C12H21N5O/c1-8(2)10-14-11(16-15-10)12(18)17-5-3-9(7-13)4-6-17/h8-9H,3-7,13H2,1-2H3,(H,14,15,16). The summed E-state index contributed by atoms with van der Waals surface area (Å²) in [5, 5.41) is 6.82. The maximum Gasteiger partial charge on any atom is 0.293 e. The number of carbonyl (C=O) groups excluding carboxylic acids is 1. The van der Waals surface area contributed by atoms with Gasteiger partial charge in [0.15, 0.2) is 0 Å². The minimum atomic E-state index is -0.0754. The molecule has 1 aliphatic rings. The zero-order chi connectivity index (χ0) is 13.1. The first-order valence-corrected chi connectivity index (χ1v) is 6.53. The van der Waals surface area contributed by atoms with E-state index < -0.39 is 0 Å². The van der Waals surface area contributed by atoms with Gasteiger partial charge >= 0.3 is 0 Å². The predicted molar refractivity (Wildman–Crippen MR) is 68.2 cm³/mol. The van der Waals surface area contributed by atoms with Crippen LogP contribution in [0.5, 0.6) is 0 Å². The molecular formula is C12H21N5O. The van der Waals surface area contributed by atoms with E-state index in [0.29, 0.717) is 12.5 Å². The summed E-state index contributed by atoms with van der Waals surface area (Å²) in [6.45, 7) is 6.25.